The van der Waals surface area contributed by atoms with Gasteiger partial charge in [-0.25, -0.2) is 4.98 Å². The minimum Gasteiger partial charge on any atom is -0.333 e. The third kappa shape index (κ3) is 3.26. The number of quaternary nitrogens is 1. The number of hydrogen-bond acceptors (Lipinski definition) is 4. The summed E-state index contributed by atoms with van der Waals surface area (Å²) in [5.41, 5.74) is 3.90. The Hall–Kier alpha value is -2.54. The number of likely N-dealkylation sites (tertiary alicyclic amines) is 1. The Kier molecular flexibility index (Phi) is 4.55. The molecule has 2 aromatic heterocycles. The molecule has 7 heteroatoms. The van der Waals surface area contributed by atoms with E-state index in [1.165, 1.54) is 32.4 Å². The minimum atomic E-state index is -0.109. The van der Waals surface area contributed by atoms with Gasteiger partial charge in [0.25, 0.3) is 5.56 Å². The Labute approximate surface area is 152 Å². The van der Waals surface area contributed by atoms with E-state index >= 15 is 0 Å². The summed E-state index contributed by atoms with van der Waals surface area (Å²) in [7, 11) is 0. The van der Waals surface area contributed by atoms with Crippen LogP contribution in [0.15, 0.2) is 29.3 Å². The smallest absolute Gasteiger partial charge is 0.283 e. The first-order valence-electron chi connectivity index (χ1n) is 9.35. The van der Waals surface area contributed by atoms with Crippen LogP contribution >= 0.6 is 0 Å². The average molecular weight is 353 g/mol. The summed E-state index contributed by atoms with van der Waals surface area (Å²) < 4.78 is 3.32. The zero-order chi connectivity index (χ0) is 18.1. The normalized spacial score (nSPS) is 15.6. The van der Waals surface area contributed by atoms with E-state index in [2.05, 4.69) is 21.4 Å². The van der Waals surface area contributed by atoms with Gasteiger partial charge in [-0.2, -0.15) is 4.68 Å². The van der Waals surface area contributed by atoms with Crippen molar-refractivity contribution >= 4 is 11.2 Å². The van der Waals surface area contributed by atoms with Crippen molar-refractivity contribution in [3.05, 3.63) is 46.0 Å². The molecule has 4 rings (SSSR count). The summed E-state index contributed by atoms with van der Waals surface area (Å²) in [6, 6.07) is 6.15. The molecule has 7 nitrogen and oxygen atoms in total. The lowest BCUT2D eigenvalue weighted by atomic mass is 10.1. The van der Waals surface area contributed by atoms with Crippen LogP contribution in [-0.4, -0.2) is 44.2 Å². The van der Waals surface area contributed by atoms with Crippen molar-refractivity contribution in [2.45, 2.75) is 39.7 Å². The topological polar surface area (TPSA) is 70.0 Å². The van der Waals surface area contributed by atoms with E-state index in [1.54, 1.807) is 20.5 Å². The molecule has 0 spiro atoms. The largest absolute Gasteiger partial charge is 0.333 e. The number of benzene rings is 1. The van der Waals surface area contributed by atoms with Crippen LogP contribution in [0.4, 0.5) is 0 Å². The first-order chi connectivity index (χ1) is 12.6. The van der Waals surface area contributed by atoms with E-state index in [0.29, 0.717) is 17.7 Å². The van der Waals surface area contributed by atoms with Crippen molar-refractivity contribution in [2.24, 2.45) is 0 Å². The van der Waals surface area contributed by atoms with Gasteiger partial charge in [-0.15, -0.1) is 5.10 Å². The lowest BCUT2D eigenvalue weighted by Crippen LogP contribution is -3.13. The number of aromatic nitrogens is 5. The molecule has 1 aliphatic rings. The molecule has 26 heavy (non-hydrogen) atoms. The van der Waals surface area contributed by atoms with E-state index in [-0.39, 0.29) is 5.56 Å². The summed E-state index contributed by atoms with van der Waals surface area (Å²) in [4.78, 5) is 18.8. The second-order valence-electron chi connectivity index (χ2n) is 7.32. The summed E-state index contributed by atoms with van der Waals surface area (Å²) in [6.45, 7) is 8.12. The standard InChI is InChI=1S/C19H24N6O/c1-14-10-15(2)12-16(11-14)25-18-17(21-22-25)19(26)24(13-20-18)9-8-23-6-4-3-5-7-23/h10-13H,3-9H2,1-2H3/p+1. The molecule has 1 aliphatic heterocycles. The Bertz CT molecular complexity index is 963. The molecule has 1 aromatic carbocycles. The van der Waals surface area contributed by atoms with E-state index < -0.39 is 0 Å². The number of nitrogens with zero attached hydrogens (tertiary/aromatic N) is 5. The van der Waals surface area contributed by atoms with Crippen LogP contribution in [0, 0.1) is 13.8 Å². The van der Waals surface area contributed by atoms with Gasteiger partial charge in [-0.1, -0.05) is 11.3 Å². The fourth-order valence-electron chi connectivity index (χ4n) is 3.83. The number of aryl methyl sites for hydroxylation is 2. The molecule has 3 aromatic rings. The van der Waals surface area contributed by atoms with E-state index in [0.717, 1.165) is 23.4 Å². The highest BCUT2D eigenvalue weighted by Gasteiger charge is 2.16. The van der Waals surface area contributed by atoms with Gasteiger partial charge in [0.2, 0.25) is 0 Å². The van der Waals surface area contributed by atoms with E-state index in [9.17, 15) is 4.79 Å². The van der Waals surface area contributed by atoms with Crippen LogP contribution in [0.5, 0.6) is 0 Å². The SMILES string of the molecule is Cc1cc(C)cc(-n2nnc3c(=O)n(CC[NH+]4CCCCC4)cnc32)c1. The molecule has 1 N–H and O–H groups in total. The molecule has 0 bridgehead atoms. The number of rotatable bonds is 4. The molecule has 3 heterocycles. The molecule has 1 fully saturated rings. The van der Waals surface area contributed by atoms with Gasteiger partial charge in [0, 0.05) is 0 Å². The Morgan fingerprint density at radius 2 is 1.81 bits per heavy atom. The van der Waals surface area contributed by atoms with Gasteiger partial charge in [-0.3, -0.25) is 9.36 Å². The van der Waals surface area contributed by atoms with Crippen LogP contribution in [-0.2, 0) is 6.54 Å². The second-order valence-corrected chi connectivity index (χ2v) is 7.32. The molecule has 0 atom stereocenters. The zero-order valence-electron chi connectivity index (χ0n) is 15.4. The van der Waals surface area contributed by atoms with Crippen LogP contribution in [0.2, 0.25) is 0 Å². The third-order valence-electron chi connectivity index (χ3n) is 5.15. The fraction of sp³-hybridized carbons (Fsp3) is 0.474. The molecule has 0 saturated carbocycles. The maximum atomic E-state index is 12.8. The summed E-state index contributed by atoms with van der Waals surface area (Å²) in [5, 5.41) is 8.30. The summed E-state index contributed by atoms with van der Waals surface area (Å²) >= 11 is 0. The fourth-order valence-corrected chi connectivity index (χ4v) is 3.83. The average Bonchev–Trinajstić information content (AvgIpc) is 3.06. The van der Waals surface area contributed by atoms with Gasteiger partial charge in [0.05, 0.1) is 31.9 Å². The lowest BCUT2D eigenvalue weighted by Gasteiger charge is -2.23. The van der Waals surface area contributed by atoms with E-state index in [1.807, 2.05) is 26.0 Å². The maximum Gasteiger partial charge on any atom is 0.283 e. The Balaban J connectivity index is 1.63. The first-order valence-corrected chi connectivity index (χ1v) is 9.35. The van der Waals surface area contributed by atoms with Gasteiger partial charge in [0.15, 0.2) is 11.2 Å². The molecular formula is C19H25N6O+. The van der Waals surface area contributed by atoms with Gasteiger partial charge < -0.3 is 4.90 Å². The van der Waals surface area contributed by atoms with E-state index in [4.69, 9.17) is 0 Å². The van der Waals surface area contributed by atoms with Crippen molar-refractivity contribution in [1.82, 2.24) is 24.5 Å². The van der Waals surface area contributed by atoms with Crippen molar-refractivity contribution in [3.8, 4) is 5.69 Å². The quantitative estimate of drug-likeness (QED) is 0.748. The lowest BCUT2D eigenvalue weighted by molar-refractivity contribution is -0.905. The number of hydrogen-bond donors (Lipinski definition) is 1. The molecule has 1 saturated heterocycles. The number of nitrogens with one attached hydrogen (secondary N) is 1. The van der Waals surface area contributed by atoms with Crippen molar-refractivity contribution in [1.29, 1.82) is 0 Å². The van der Waals surface area contributed by atoms with Crippen LogP contribution in [0.1, 0.15) is 30.4 Å². The first kappa shape index (κ1) is 16.9. The minimum absolute atomic E-state index is 0.109. The number of piperidine rings is 1. The molecule has 0 aliphatic carbocycles. The zero-order valence-corrected chi connectivity index (χ0v) is 15.4. The second kappa shape index (κ2) is 6.99. The summed E-state index contributed by atoms with van der Waals surface area (Å²) in [5.74, 6) is 0. The van der Waals surface area contributed by atoms with Gasteiger partial charge in [0.1, 0.15) is 6.33 Å². The Morgan fingerprint density at radius 1 is 1.08 bits per heavy atom. The molecular weight excluding hydrogens is 328 g/mol. The highest BCUT2D eigenvalue weighted by molar-refractivity contribution is 5.70. The van der Waals surface area contributed by atoms with Crippen molar-refractivity contribution < 1.29 is 4.90 Å². The van der Waals surface area contributed by atoms with Crippen molar-refractivity contribution in [2.75, 3.05) is 19.6 Å². The van der Waals surface area contributed by atoms with Crippen LogP contribution in [0.25, 0.3) is 16.9 Å². The van der Waals surface area contributed by atoms with Crippen molar-refractivity contribution in [3.63, 3.8) is 0 Å². The Morgan fingerprint density at radius 3 is 2.54 bits per heavy atom. The van der Waals surface area contributed by atoms with Gasteiger partial charge >= 0.3 is 0 Å². The number of fused-ring (bicyclic) bond motifs is 1. The highest BCUT2D eigenvalue weighted by Crippen LogP contribution is 2.15. The van der Waals surface area contributed by atoms with Crippen LogP contribution < -0.4 is 10.5 Å². The highest BCUT2D eigenvalue weighted by atomic mass is 16.1. The molecule has 0 unspecified atom stereocenters. The van der Waals surface area contributed by atoms with Gasteiger partial charge in [-0.05, 0) is 56.4 Å². The predicted molar refractivity (Wildman–Crippen MR) is 99.8 cm³/mol. The monoisotopic (exact) mass is 353 g/mol. The molecule has 0 amide bonds. The third-order valence-corrected chi connectivity index (χ3v) is 5.15. The maximum absolute atomic E-state index is 12.8. The molecule has 0 radical (unpaired) electrons. The molecule has 136 valence electrons. The predicted octanol–water partition coefficient (Wildman–Crippen LogP) is 0.663. The van der Waals surface area contributed by atoms with Crippen LogP contribution in [0.3, 0.4) is 0 Å². The summed E-state index contributed by atoms with van der Waals surface area (Å²) in [6.07, 6.45) is 5.53.